The van der Waals surface area contributed by atoms with Gasteiger partial charge in [0.25, 0.3) is 0 Å². The molecule has 2 aliphatic rings. The third-order valence-electron chi connectivity index (χ3n) is 6.60. The second kappa shape index (κ2) is 11.8. The maximum atomic E-state index is 13.0. The number of H-pyrrole nitrogens is 1. The lowest BCUT2D eigenvalue weighted by Crippen LogP contribution is -2.42. The van der Waals surface area contributed by atoms with E-state index in [4.69, 9.17) is 24.7 Å². The van der Waals surface area contributed by atoms with Crippen LogP contribution in [0.1, 0.15) is 36.8 Å². The van der Waals surface area contributed by atoms with Crippen molar-refractivity contribution in [2.45, 2.75) is 25.7 Å². The normalized spacial score (nSPS) is 16.7. The highest BCUT2D eigenvalue weighted by Crippen LogP contribution is 2.48. The van der Waals surface area contributed by atoms with Crippen LogP contribution in [0.3, 0.4) is 0 Å². The monoisotopic (exact) mass is 593 g/mol. The number of benzene rings is 2. The summed E-state index contributed by atoms with van der Waals surface area (Å²) in [7, 11) is 0. The van der Waals surface area contributed by atoms with Crippen molar-refractivity contribution in [2.24, 2.45) is 5.73 Å². The van der Waals surface area contributed by atoms with Gasteiger partial charge in [-0.25, -0.2) is 4.79 Å². The Morgan fingerprint density at radius 2 is 2.03 bits per heavy atom. The number of rotatable bonds is 7. The molecule has 0 unspecified atom stereocenters. The molecule has 39 heavy (non-hydrogen) atoms. The minimum Gasteiger partial charge on any atom is -0.494 e. The van der Waals surface area contributed by atoms with E-state index in [1.54, 1.807) is 17.0 Å². The average Bonchev–Trinajstić information content (AvgIpc) is 3.37. The Morgan fingerprint density at radius 1 is 1.26 bits per heavy atom. The van der Waals surface area contributed by atoms with Gasteiger partial charge in [-0.3, -0.25) is 5.10 Å². The molecule has 0 radical (unpaired) electrons. The molecule has 0 saturated carbocycles. The van der Waals surface area contributed by atoms with E-state index < -0.39 is 12.0 Å². The second-order valence-corrected chi connectivity index (χ2v) is 10.0. The number of amides is 1. The standard InChI is InChI=1S/C28H28BrN5O5/c1-2-3-12-37-19-7-4-17(5-8-19)25-24-23(21(16-30)26(31)39-27(24)33-32-25)20-15-18(29)6-9-22(20)38-28(35)34-10-13-36-14-11-34/h4-9,15,23H,2-3,10-14,31H2,1H3,(H,32,33)/t23-/m0/s1. The van der Waals surface area contributed by atoms with E-state index in [1.165, 1.54) is 0 Å². The van der Waals surface area contributed by atoms with Gasteiger partial charge in [0.05, 0.1) is 37.0 Å². The van der Waals surface area contributed by atoms with E-state index in [2.05, 4.69) is 39.1 Å². The number of morpholine rings is 1. The summed E-state index contributed by atoms with van der Waals surface area (Å²) < 4.78 is 23.5. The first-order chi connectivity index (χ1) is 19.0. The van der Waals surface area contributed by atoms with Gasteiger partial charge in [0.2, 0.25) is 11.8 Å². The fourth-order valence-electron chi connectivity index (χ4n) is 4.57. The minimum absolute atomic E-state index is 0.0573. The van der Waals surface area contributed by atoms with Gasteiger partial charge in [-0.15, -0.1) is 5.10 Å². The molecule has 0 bridgehead atoms. The number of nitrogens with two attached hydrogens (primary N) is 1. The van der Waals surface area contributed by atoms with Crippen LogP contribution >= 0.6 is 15.9 Å². The zero-order valence-corrected chi connectivity index (χ0v) is 23.0. The van der Waals surface area contributed by atoms with E-state index >= 15 is 0 Å². The molecule has 1 atom stereocenters. The third kappa shape index (κ3) is 5.57. The summed E-state index contributed by atoms with van der Waals surface area (Å²) in [6.07, 6.45) is 1.54. The first kappa shape index (κ1) is 26.6. The molecule has 1 aromatic heterocycles. The number of halogens is 1. The maximum absolute atomic E-state index is 13.0. The van der Waals surface area contributed by atoms with Crippen LogP contribution in [0, 0.1) is 11.3 Å². The topological polar surface area (TPSA) is 136 Å². The van der Waals surface area contributed by atoms with Gasteiger partial charge in [-0.2, -0.15) is 5.26 Å². The number of aromatic amines is 1. The van der Waals surface area contributed by atoms with Crippen molar-refractivity contribution < 1.29 is 23.7 Å². The van der Waals surface area contributed by atoms with E-state index in [-0.39, 0.29) is 17.3 Å². The molecule has 1 amide bonds. The largest absolute Gasteiger partial charge is 0.494 e. The highest BCUT2D eigenvalue weighted by molar-refractivity contribution is 9.10. The number of unbranched alkanes of at least 4 members (excludes halogenated alkanes) is 1. The SMILES string of the molecule is CCCCOc1ccc(-c2[nH]nc3c2[C@@H](c2cc(Br)ccc2OC(=O)N2CCOCC2)C(C#N)=C(N)O3)cc1. The molecule has 10 nitrogen and oxygen atoms in total. The summed E-state index contributed by atoms with van der Waals surface area (Å²) >= 11 is 3.52. The molecule has 3 heterocycles. The number of nitriles is 1. The van der Waals surface area contributed by atoms with Crippen LogP contribution in [0.25, 0.3) is 11.3 Å². The number of nitrogens with zero attached hydrogens (tertiary/aromatic N) is 3. The second-order valence-electron chi connectivity index (χ2n) is 9.12. The molecular formula is C28H28BrN5O5. The minimum atomic E-state index is -0.710. The van der Waals surface area contributed by atoms with Crippen molar-refractivity contribution in [2.75, 3.05) is 32.9 Å². The van der Waals surface area contributed by atoms with Crippen LogP contribution in [0.2, 0.25) is 0 Å². The molecule has 1 fully saturated rings. The smallest absolute Gasteiger partial charge is 0.415 e. The number of hydrogen-bond donors (Lipinski definition) is 2. The third-order valence-corrected chi connectivity index (χ3v) is 7.09. The molecule has 202 valence electrons. The highest BCUT2D eigenvalue weighted by atomic mass is 79.9. The van der Waals surface area contributed by atoms with Crippen molar-refractivity contribution in [1.29, 1.82) is 5.26 Å². The summed E-state index contributed by atoms with van der Waals surface area (Å²) in [4.78, 5) is 14.6. The predicted octanol–water partition coefficient (Wildman–Crippen LogP) is 5.07. The van der Waals surface area contributed by atoms with Crippen LogP contribution in [0.4, 0.5) is 4.79 Å². The van der Waals surface area contributed by atoms with Crippen LogP contribution in [-0.4, -0.2) is 54.1 Å². The Bertz CT molecular complexity index is 1420. The number of ether oxygens (including phenoxy) is 4. The van der Waals surface area contributed by atoms with Crippen molar-refractivity contribution in [3.63, 3.8) is 0 Å². The molecule has 0 spiro atoms. The van der Waals surface area contributed by atoms with Gasteiger partial charge in [-0.05, 0) is 48.9 Å². The maximum Gasteiger partial charge on any atom is 0.415 e. The van der Waals surface area contributed by atoms with Crippen LogP contribution < -0.4 is 19.9 Å². The zero-order chi connectivity index (χ0) is 27.4. The Balaban J connectivity index is 1.55. The first-order valence-electron chi connectivity index (χ1n) is 12.7. The van der Waals surface area contributed by atoms with Crippen molar-refractivity contribution >= 4 is 22.0 Å². The fourth-order valence-corrected chi connectivity index (χ4v) is 4.95. The van der Waals surface area contributed by atoms with Gasteiger partial charge in [0.1, 0.15) is 23.1 Å². The molecule has 1 saturated heterocycles. The van der Waals surface area contributed by atoms with Gasteiger partial charge < -0.3 is 29.6 Å². The molecule has 3 aromatic rings. The Morgan fingerprint density at radius 3 is 2.74 bits per heavy atom. The molecule has 11 heteroatoms. The summed E-state index contributed by atoms with van der Waals surface area (Å²) in [5.41, 5.74) is 9.03. The quantitative estimate of drug-likeness (QED) is 0.362. The number of hydrogen-bond acceptors (Lipinski definition) is 8. The number of fused-ring (bicyclic) bond motifs is 1. The number of aromatic nitrogens is 2. The van der Waals surface area contributed by atoms with Gasteiger partial charge >= 0.3 is 6.09 Å². The van der Waals surface area contributed by atoms with Crippen molar-refractivity contribution in [1.82, 2.24) is 15.1 Å². The summed E-state index contributed by atoms with van der Waals surface area (Å²) in [5, 5.41) is 17.5. The highest BCUT2D eigenvalue weighted by Gasteiger charge is 2.38. The number of carbonyl (C=O) groups excluding carboxylic acids is 1. The van der Waals surface area contributed by atoms with Gasteiger partial charge in [-0.1, -0.05) is 29.3 Å². The molecule has 5 rings (SSSR count). The van der Waals surface area contributed by atoms with Gasteiger partial charge in [0.15, 0.2) is 0 Å². The Kier molecular flexibility index (Phi) is 8.05. The van der Waals surface area contributed by atoms with E-state index in [1.807, 2.05) is 30.3 Å². The predicted molar refractivity (Wildman–Crippen MR) is 146 cm³/mol. The Labute approximate surface area is 234 Å². The summed E-state index contributed by atoms with van der Waals surface area (Å²) in [6.45, 7) is 4.53. The molecule has 0 aliphatic carbocycles. The first-order valence-corrected chi connectivity index (χ1v) is 13.5. The summed E-state index contributed by atoms with van der Waals surface area (Å²) in [5.74, 6) is 0.552. The molecule has 2 aromatic carbocycles. The average molecular weight is 594 g/mol. The zero-order valence-electron chi connectivity index (χ0n) is 21.4. The summed E-state index contributed by atoms with van der Waals surface area (Å²) in [6, 6.07) is 15.1. The number of carbonyl (C=O) groups is 1. The van der Waals surface area contributed by atoms with Crippen molar-refractivity contribution in [3.05, 3.63) is 69.5 Å². The van der Waals surface area contributed by atoms with Crippen LogP contribution in [-0.2, 0) is 4.74 Å². The van der Waals surface area contributed by atoms with Gasteiger partial charge in [0, 0.05) is 28.7 Å². The molecule has 2 aliphatic heterocycles. The van der Waals surface area contributed by atoms with Crippen LogP contribution in [0.15, 0.2) is 58.4 Å². The van der Waals surface area contributed by atoms with Crippen molar-refractivity contribution in [3.8, 4) is 34.7 Å². The van der Waals surface area contributed by atoms with E-state index in [0.29, 0.717) is 55.5 Å². The lowest BCUT2D eigenvalue weighted by atomic mass is 9.82. The van der Waals surface area contributed by atoms with E-state index in [9.17, 15) is 10.1 Å². The Hall–Kier alpha value is -4.01. The van der Waals surface area contributed by atoms with E-state index in [0.717, 1.165) is 28.6 Å². The van der Waals surface area contributed by atoms with Crippen LogP contribution in [0.5, 0.6) is 17.4 Å². The lowest BCUT2D eigenvalue weighted by Gasteiger charge is -2.28. The molecule has 3 N–H and O–H groups in total. The number of nitrogens with one attached hydrogen (secondary N) is 1. The lowest BCUT2D eigenvalue weighted by molar-refractivity contribution is 0.0415. The number of allylic oxidation sites excluding steroid dienone is 1. The molecular weight excluding hydrogens is 566 g/mol. The fraction of sp³-hybridized carbons (Fsp3) is 0.321.